The molecule has 2 N–H and O–H groups in total. The molecule has 0 saturated carbocycles. The van der Waals surface area contributed by atoms with Gasteiger partial charge in [0.1, 0.15) is 17.7 Å². The van der Waals surface area contributed by atoms with Crippen molar-refractivity contribution in [2.24, 2.45) is 5.92 Å². The van der Waals surface area contributed by atoms with Gasteiger partial charge < -0.3 is 19.9 Å². The zero-order chi connectivity index (χ0) is 27.4. The van der Waals surface area contributed by atoms with Crippen molar-refractivity contribution in [1.29, 1.82) is 0 Å². The Balaban J connectivity index is 1.64. The third-order valence-corrected chi connectivity index (χ3v) is 6.51. The summed E-state index contributed by atoms with van der Waals surface area (Å²) in [5.41, 5.74) is 3.64. The van der Waals surface area contributed by atoms with Crippen molar-refractivity contribution in [1.82, 2.24) is 10.3 Å². The number of alkyl halides is 3. The van der Waals surface area contributed by atoms with Gasteiger partial charge in [0.05, 0.1) is 25.8 Å². The minimum atomic E-state index is -4.39. The van der Waals surface area contributed by atoms with Crippen LogP contribution in [0.5, 0.6) is 11.6 Å². The number of carboxylic acid groups (broad SMARTS) is 1. The number of nitrogens with zero attached hydrogens (tertiary/aromatic N) is 1. The first kappa shape index (κ1) is 27.4. The van der Waals surface area contributed by atoms with Crippen LogP contribution in [0.1, 0.15) is 41.7 Å². The lowest BCUT2D eigenvalue weighted by molar-refractivity contribution is -0.141. The summed E-state index contributed by atoms with van der Waals surface area (Å²) in [6.07, 6.45) is -2.03. The van der Waals surface area contributed by atoms with Crippen LogP contribution in [-0.2, 0) is 24.2 Å². The summed E-state index contributed by atoms with van der Waals surface area (Å²) in [5, 5.41) is 11.6. The Morgan fingerprint density at radius 2 is 2.00 bits per heavy atom. The van der Waals surface area contributed by atoms with Gasteiger partial charge in [0.15, 0.2) is 0 Å². The topological polar surface area (TPSA) is 80.7 Å². The lowest BCUT2D eigenvalue weighted by Crippen LogP contribution is -2.28. The second kappa shape index (κ2) is 11.4. The lowest BCUT2D eigenvalue weighted by atomic mass is 9.91. The SMILES string of the molecule is COc1cc(-c2ccc(C3CCc4ccc(CC(C)C(=O)O)cc4O3)cc2CNCC(F)(F)F)c(F)cn1. The van der Waals surface area contributed by atoms with E-state index in [1.165, 1.54) is 13.2 Å². The number of ether oxygens (including phenoxy) is 2. The van der Waals surface area contributed by atoms with Crippen molar-refractivity contribution >= 4 is 5.97 Å². The van der Waals surface area contributed by atoms with Gasteiger partial charge in [-0.1, -0.05) is 37.3 Å². The summed E-state index contributed by atoms with van der Waals surface area (Å²) >= 11 is 0. The highest BCUT2D eigenvalue weighted by Gasteiger charge is 2.27. The maximum atomic E-state index is 14.7. The molecular formula is C28H28F4N2O4. The molecule has 1 aliphatic heterocycles. The van der Waals surface area contributed by atoms with Crippen LogP contribution < -0.4 is 14.8 Å². The van der Waals surface area contributed by atoms with Crippen LogP contribution in [0.4, 0.5) is 17.6 Å². The zero-order valence-corrected chi connectivity index (χ0v) is 20.9. The number of rotatable bonds is 9. The Morgan fingerprint density at radius 3 is 2.71 bits per heavy atom. The van der Waals surface area contributed by atoms with Crippen molar-refractivity contribution in [3.63, 3.8) is 0 Å². The number of nitrogens with one attached hydrogen (secondary N) is 1. The number of halogens is 4. The van der Waals surface area contributed by atoms with Gasteiger partial charge in [-0.15, -0.1) is 0 Å². The number of aliphatic carboxylic acids is 1. The highest BCUT2D eigenvalue weighted by Crippen LogP contribution is 2.38. The van der Waals surface area contributed by atoms with Crippen molar-refractivity contribution in [2.75, 3.05) is 13.7 Å². The summed E-state index contributed by atoms with van der Waals surface area (Å²) in [5.74, 6) is -1.21. The van der Waals surface area contributed by atoms with E-state index >= 15 is 0 Å². The van der Waals surface area contributed by atoms with Crippen LogP contribution in [0.25, 0.3) is 11.1 Å². The zero-order valence-electron chi connectivity index (χ0n) is 20.9. The second-order valence-corrected chi connectivity index (χ2v) is 9.37. The van der Waals surface area contributed by atoms with Gasteiger partial charge in [0, 0.05) is 18.2 Å². The summed E-state index contributed by atoms with van der Waals surface area (Å²) < 4.78 is 64.5. The van der Waals surface area contributed by atoms with Gasteiger partial charge in [-0.2, -0.15) is 13.2 Å². The maximum Gasteiger partial charge on any atom is 0.401 e. The van der Waals surface area contributed by atoms with E-state index in [9.17, 15) is 27.5 Å². The minimum absolute atomic E-state index is 0.146. The largest absolute Gasteiger partial charge is 0.485 e. The van der Waals surface area contributed by atoms with Crippen LogP contribution in [0.15, 0.2) is 48.7 Å². The van der Waals surface area contributed by atoms with E-state index in [2.05, 4.69) is 10.3 Å². The summed E-state index contributed by atoms with van der Waals surface area (Å²) in [6.45, 7) is 0.305. The smallest absolute Gasteiger partial charge is 0.401 e. The molecule has 4 rings (SSSR count). The first-order valence-corrected chi connectivity index (χ1v) is 12.2. The Hall–Kier alpha value is -3.66. The molecule has 6 nitrogen and oxygen atoms in total. The molecule has 1 aromatic heterocycles. The molecule has 0 fully saturated rings. The monoisotopic (exact) mass is 532 g/mol. The van der Waals surface area contributed by atoms with Gasteiger partial charge in [-0.25, -0.2) is 9.37 Å². The number of methoxy groups -OCH3 is 1. The van der Waals surface area contributed by atoms with Crippen LogP contribution in [0.3, 0.4) is 0 Å². The Morgan fingerprint density at radius 1 is 1.21 bits per heavy atom. The predicted octanol–water partition coefficient (Wildman–Crippen LogP) is 5.88. The first-order chi connectivity index (χ1) is 18.0. The highest BCUT2D eigenvalue weighted by molar-refractivity contribution is 5.70. The molecule has 0 bridgehead atoms. The van der Waals surface area contributed by atoms with Gasteiger partial charge >= 0.3 is 12.1 Å². The number of hydrogen-bond acceptors (Lipinski definition) is 5. The second-order valence-electron chi connectivity index (χ2n) is 9.37. The summed E-state index contributed by atoms with van der Waals surface area (Å²) in [7, 11) is 1.39. The van der Waals surface area contributed by atoms with Gasteiger partial charge in [-0.05, 0) is 53.1 Å². The standard InChI is InChI=1S/C28H28F4N2O4/c1-16(27(35)36)9-17-3-4-18-6-8-24(38-25(18)10-17)19-5-7-21(20(11-19)13-33-15-28(30,31)32)22-12-26(37-2)34-14-23(22)29/h3-5,7,10-12,14,16,24,33H,6,8-9,13,15H2,1-2H3,(H,35,36). The average Bonchev–Trinajstić information content (AvgIpc) is 2.88. The van der Waals surface area contributed by atoms with Gasteiger partial charge in [0.2, 0.25) is 5.88 Å². The van der Waals surface area contributed by atoms with E-state index in [0.717, 1.165) is 22.9 Å². The molecule has 0 amide bonds. The predicted molar refractivity (Wildman–Crippen MR) is 133 cm³/mol. The average molecular weight is 533 g/mol. The van der Waals surface area contributed by atoms with E-state index in [1.807, 2.05) is 18.2 Å². The van der Waals surface area contributed by atoms with E-state index in [1.54, 1.807) is 25.1 Å². The number of aromatic nitrogens is 1. The van der Waals surface area contributed by atoms with Crippen LogP contribution >= 0.6 is 0 Å². The van der Waals surface area contributed by atoms with Crippen molar-refractivity contribution in [3.05, 3.63) is 76.7 Å². The van der Waals surface area contributed by atoms with Crippen molar-refractivity contribution < 1.29 is 36.9 Å². The molecule has 0 saturated heterocycles. The molecule has 0 spiro atoms. The van der Waals surface area contributed by atoms with E-state index in [0.29, 0.717) is 36.1 Å². The molecule has 2 heterocycles. The molecule has 2 unspecified atom stereocenters. The first-order valence-electron chi connectivity index (χ1n) is 12.2. The Kier molecular flexibility index (Phi) is 8.20. The fourth-order valence-corrected chi connectivity index (χ4v) is 4.52. The fourth-order valence-electron chi connectivity index (χ4n) is 4.52. The van der Waals surface area contributed by atoms with Gasteiger partial charge in [-0.3, -0.25) is 4.79 Å². The van der Waals surface area contributed by atoms with E-state index in [-0.39, 0.29) is 24.1 Å². The maximum absolute atomic E-state index is 14.7. The molecule has 2 atom stereocenters. The van der Waals surface area contributed by atoms with Gasteiger partial charge in [0.25, 0.3) is 0 Å². The number of carbonyl (C=O) groups is 1. The molecule has 1 aliphatic rings. The van der Waals surface area contributed by atoms with Crippen LogP contribution in [0, 0.1) is 11.7 Å². The highest BCUT2D eigenvalue weighted by atomic mass is 19.4. The van der Waals surface area contributed by atoms with E-state index < -0.39 is 30.4 Å². The van der Waals surface area contributed by atoms with E-state index in [4.69, 9.17) is 9.47 Å². The minimum Gasteiger partial charge on any atom is -0.485 e. The third-order valence-electron chi connectivity index (χ3n) is 6.51. The molecule has 10 heteroatoms. The number of aryl methyl sites for hydroxylation is 1. The lowest BCUT2D eigenvalue weighted by Gasteiger charge is -2.28. The number of fused-ring (bicyclic) bond motifs is 1. The molecule has 202 valence electrons. The Bertz CT molecular complexity index is 1310. The summed E-state index contributed by atoms with van der Waals surface area (Å²) in [6, 6.07) is 12.3. The number of hydrogen-bond donors (Lipinski definition) is 2. The molecule has 2 aromatic carbocycles. The molecule has 38 heavy (non-hydrogen) atoms. The fraction of sp³-hybridized carbons (Fsp3) is 0.357. The number of carboxylic acids is 1. The number of pyridine rings is 1. The van der Waals surface area contributed by atoms with Crippen LogP contribution in [-0.4, -0.2) is 35.9 Å². The van der Waals surface area contributed by atoms with Crippen LogP contribution in [0.2, 0.25) is 0 Å². The third kappa shape index (κ3) is 6.61. The quantitative estimate of drug-likeness (QED) is 0.335. The number of benzene rings is 2. The molecular weight excluding hydrogens is 504 g/mol. The van der Waals surface area contributed by atoms with Crippen molar-refractivity contribution in [2.45, 2.75) is 45.0 Å². The molecule has 3 aromatic rings. The molecule has 0 aliphatic carbocycles. The summed E-state index contributed by atoms with van der Waals surface area (Å²) in [4.78, 5) is 15.1. The van der Waals surface area contributed by atoms with Crippen molar-refractivity contribution in [3.8, 4) is 22.8 Å². The Labute approximate surface area is 217 Å². The molecule has 0 radical (unpaired) electrons. The normalized spacial score (nSPS) is 15.9.